The molecule has 2 aromatic heterocycles. The van der Waals surface area contributed by atoms with E-state index in [1.165, 1.54) is 0 Å². The second kappa shape index (κ2) is 7.29. The minimum absolute atomic E-state index is 0.244. The monoisotopic (exact) mass is 564 g/mol. The SMILES string of the molecule is O=c1c2c(Cl)c(Cl)c(Cl)c(Cl)c2c(=O)n2c(=O)c3c(Cl)c(Cl)c(Cl)c(Cl)c3c(=O)n12. The fraction of sp³-hybridized carbons (Fsp3) is 0. The fourth-order valence-electron chi connectivity index (χ4n) is 3.04. The Kier molecular flexibility index (Phi) is 5.40. The van der Waals surface area contributed by atoms with Crippen molar-refractivity contribution in [2.45, 2.75) is 0 Å². The van der Waals surface area contributed by atoms with Crippen LogP contribution in [0, 0.1) is 0 Å². The molecule has 0 spiro atoms. The first-order valence-electron chi connectivity index (χ1n) is 7.42. The van der Waals surface area contributed by atoms with E-state index in [-0.39, 0.29) is 29.1 Å². The van der Waals surface area contributed by atoms with Gasteiger partial charge >= 0.3 is 0 Å². The Morgan fingerprint density at radius 2 is 0.500 bits per heavy atom. The van der Waals surface area contributed by atoms with E-state index in [0.717, 1.165) is 0 Å². The molecule has 4 rings (SSSR count). The topological polar surface area (TPSA) is 77.1 Å². The highest BCUT2D eigenvalue weighted by Gasteiger charge is 2.27. The van der Waals surface area contributed by atoms with Crippen LogP contribution in [0.25, 0.3) is 21.5 Å². The summed E-state index contributed by atoms with van der Waals surface area (Å²) in [5.74, 6) is 0. The van der Waals surface area contributed by atoms with Crippen molar-refractivity contribution in [3.05, 3.63) is 81.6 Å². The van der Waals surface area contributed by atoms with Gasteiger partial charge < -0.3 is 0 Å². The largest absolute Gasteiger partial charge is 0.282 e. The van der Waals surface area contributed by atoms with Crippen LogP contribution in [0.4, 0.5) is 0 Å². The molecule has 0 saturated carbocycles. The molecule has 30 heavy (non-hydrogen) atoms. The smallest absolute Gasteiger partial charge is 0.267 e. The maximum Gasteiger partial charge on any atom is 0.282 e. The lowest BCUT2D eigenvalue weighted by molar-refractivity contribution is 0.707. The molecule has 2 heterocycles. The Bertz CT molecular complexity index is 1460. The van der Waals surface area contributed by atoms with Gasteiger partial charge in [-0.2, -0.15) is 9.03 Å². The number of aromatic nitrogens is 2. The molecule has 0 unspecified atom stereocenters. The second-order valence-corrected chi connectivity index (χ2v) is 8.88. The summed E-state index contributed by atoms with van der Waals surface area (Å²) in [6.07, 6.45) is 0. The predicted molar refractivity (Wildman–Crippen MR) is 122 cm³/mol. The van der Waals surface area contributed by atoms with Gasteiger partial charge in [0.15, 0.2) is 0 Å². The molecule has 14 heteroatoms. The molecule has 0 aliphatic carbocycles. The molecule has 0 bridgehead atoms. The van der Waals surface area contributed by atoms with Gasteiger partial charge in [0, 0.05) is 0 Å². The molecule has 0 atom stereocenters. The first-order valence-corrected chi connectivity index (χ1v) is 10.4. The Balaban J connectivity index is 2.57. The van der Waals surface area contributed by atoms with Gasteiger partial charge in [0.05, 0.1) is 61.7 Å². The van der Waals surface area contributed by atoms with Gasteiger partial charge in [0.2, 0.25) is 0 Å². The number of benzene rings is 2. The second-order valence-electron chi connectivity index (χ2n) is 5.86. The van der Waals surface area contributed by atoms with Crippen molar-refractivity contribution in [1.29, 1.82) is 0 Å². The molecular weight excluding hydrogens is 568 g/mol. The summed E-state index contributed by atoms with van der Waals surface area (Å²) >= 11 is 48.3. The normalized spacial score (nSPS) is 11.9. The van der Waals surface area contributed by atoms with Crippen LogP contribution in [0.15, 0.2) is 19.2 Å². The number of fused-ring (bicyclic) bond motifs is 3. The number of hydrogen-bond donors (Lipinski definition) is 0. The first-order chi connectivity index (χ1) is 13.9. The van der Waals surface area contributed by atoms with Crippen molar-refractivity contribution in [2.24, 2.45) is 0 Å². The maximum absolute atomic E-state index is 13.1. The van der Waals surface area contributed by atoms with Gasteiger partial charge in [-0.25, -0.2) is 0 Å². The summed E-state index contributed by atoms with van der Waals surface area (Å²) in [6.45, 7) is 0. The highest BCUT2D eigenvalue weighted by atomic mass is 35.5. The van der Waals surface area contributed by atoms with Gasteiger partial charge in [0.25, 0.3) is 22.2 Å². The average molecular weight is 568 g/mol. The van der Waals surface area contributed by atoms with Crippen LogP contribution in [0.5, 0.6) is 0 Å². The van der Waals surface area contributed by atoms with Crippen LogP contribution < -0.4 is 22.2 Å². The summed E-state index contributed by atoms with van der Waals surface area (Å²) in [6, 6.07) is 0. The molecule has 6 nitrogen and oxygen atoms in total. The van der Waals surface area contributed by atoms with E-state index in [1.54, 1.807) is 0 Å². The molecular formula is C16Cl8N2O4. The minimum Gasteiger partial charge on any atom is -0.267 e. The maximum atomic E-state index is 13.1. The van der Waals surface area contributed by atoms with Gasteiger partial charge in [-0.1, -0.05) is 92.8 Å². The molecule has 0 aliphatic heterocycles. The van der Waals surface area contributed by atoms with Crippen molar-refractivity contribution in [2.75, 3.05) is 0 Å². The third-order valence-corrected chi connectivity index (χ3v) is 7.96. The van der Waals surface area contributed by atoms with E-state index in [9.17, 15) is 19.2 Å². The molecule has 0 radical (unpaired) electrons. The van der Waals surface area contributed by atoms with E-state index in [1.807, 2.05) is 0 Å². The van der Waals surface area contributed by atoms with E-state index in [4.69, 9.17) is 92.8 Å². The standard InChI is InChI=1S/C16Cl8N2O4/c17-5-1-2(6(18)10(22)9(5)21)14(28)26-16(30)4-3(15(29)25(26)13(1)27)7(19)11(23)12(24)8(4)20. The van der Waals surface area contributed by atoms with Crippen LogP contribution in [0.1, 0.15) is 0 Å². The van der Waals surface area contributed by atoms with Crippen LogP contribution >= 0.6 is 92.8 Å². The Morgan fingerprint density at radius 3 is 0.667 bits per heavy atom. The van der Waals surface area contributed by atoms with Crippen molar-refractivity contribution in [3.63, 3.8) is 0 Å². The average Bonchev–Trinajstić information content (AvgIpc) is 2.70. The van der Waals surface area contributed by atoms with E-state index < -0.39 is 63.9 Å². The fourth-order valence-corrected chi connectivity index (χ4v) is 5.07. The van der Waals surface area contributed by atoms with Crippen LogP contribution in [-0.2, 0) is 0 Å². The van der Waals surface area contributed by atoms with Crippen molar-refractivity contribution >= 4 is 114 Å². The van der Waals surface area contributed by atoms with Gasteiger partial charge in [-0.15, -0.1) is 0 Å². The first kappa shape index (κ1) is 22.2. The lowest BCUT2D eigenvalue weighted by Crippen LogP contribution is -2.45. The number of halogens is 8. The zero-order valence-corrected chi connectivity index (χ0v) is 19.6. The summed E-state index contributed by atoms with van der Waals surface area (Å²) in [4.78, 5) is 52.5. The van der Waals surface area contributed by atoms with Crippen LogP contribution in [0.2, 0.25) is 40.2 Å². The Hall–Kier alpha value is -0.960. The minimum atomic E-state index is -1.17. The zero-order chi connectivity index (χ0) is 22.4. The van der Waals surface area contributed by atoms with E-state index >= 15 is 0 Å². The lowest BCUT2D eigenvalue weighted by atomic mass is 10.1. The Morgan fingerprint density at radius 1 is 0.333 bits per heavy atom. The van der Waals surface area contributed by atoms with Crippen molar-refractivity contribution in [1.82, 2.24) is 9.03 Å². The highest BCUT2D eigenvalue weighted by molar-refractivity contribution is 6.56. The third-order valence-electron chi connectivity index (χ3n) is 4.36. The molecule has 0 fully saturated rings. The van der Waals surface area contributed by atoms with Crippen LogP contribution in [-0.4, -0.2) is 9.03 Å². The summed E-state index contributed by atoms with van der Waals surface area (Å²) in [5.41, 5.74) is -4.68. The zero-order valence-electron chi connectivity index (χ0n) is 13.6. The summed E-state index contributed by atoms with van der Waals surface area (Å²) in [5, 5.41) is -5.01. The van der Waals surface area contributed by atoms with Gasteiger partial charge in [-0.05, 0) is 0 Å². The molecule has 0 saturated heterocycles. The Labute approximate surface area is 203 Å². The van der Waals surface area contributed by atoms with Gasteiger partial charge in [-0.3, -0.25) is 19.2 Å². The van der Waals surface area contributed by atoms with E-state index in [2.05, 4.69) is 0 Å². The number of hydrogen-bond acceptors (Lipinski definition) is 4. The van der Waals surface area contributed by atoms with Gasteiger partial charge in [0.1, 0.15) is 0 Å². The van der Waals surface area contributed by atoms with E-state index in [0.29, 0.717) is 0 Å². The molecule has 0 aliphatic rings. The molecule has 4 aromatic rings. The van der Waals surface area contributed by atoms with Crippen molar-refractivity contribution in [3.8, 4) is 0 Å². The van der Waals surface area contributed by atoms with Crippen LogP contribution in [0.3, 0.4) is 0 Å². The quantitative estimate of drug-likeness (QED) is 0.161. The molecule has 0 amide bonds. The summed E-state index contributed by atoms with van der Waals surface area (Å²) < 4.78 is 0.489. The number of nitrogens with zero attached hydrogens (tertiary/aromatic N) is 2. The summed E-state index contributed by atoms with van der Waals surface area (Å²) in [7, 11) is 0. The molecule has 0 N–H and O–H groups in total. The predicted octanol–water partition coefficient (Wildman–Crippen LogP) is 5.45. The third kappa shape index (κ3) is 2.66. The number of rotatable bonds is 0. The molecule has 154 valence electrons. The lowest BCUT2D eigenvalue weighted by Gasteiger charge is -2.12. The highest BCUT2D eigenvalue weighted by Crippen LogP contribution is 2.42. The van der Waals surface area contributed by atoms with Crippen molar-refractivity contribution < 1.29 is 0 Å². The molecule has 2 aromatic carbocycles.